The van der Waals surface area contributed by atoms with Crippen LogP contribution in [0.1, 0.15) is 0 Å². The van der Waals surface area contributed by atoms with E-state index in [1.54, 1.807) is 0 Å². The fraction of sp³-hybridized carbons (Fsp3) is 0. The molecular weight excluding hydrogens is 517 g/mol. The van der Waals surface area contributed by atoms with E-state index < -0.39 is 6.04 Å². The molecule has 7 aromatic carbocycles. The highest BCUT2D eigenvalue weighted by atomic mass is 32.4. The van der Waals surface area contributed by atoms with E-state index in [9.17, 15) is 0 Å². The molecule has 0 atom stereocenters. The molecule has 3 aliphatic heterocycles. The predicted octanol–water partition coefficient (Wildman–Crippen LogP) is 8.33. The van der Waals surface area contributed by atoms with E-state index in [0.717, 1.165) is 66.7 Å². The summed E-state index contributed by atoms with van der Waals surface area (Å²) in [5.74, 6) is 3.43. The van der Waals surface area contributed by atoms with E-state index in [1.165, 1.54) is 21.5 Å². The van der Waals surface area contributed by atoms with Crippen LogP contribution >= 0.6 is 6.04 Å². The Balaban J connectivity index is 1.42. The minimum Gasteiger partial charge on any atom is -0.455 e. The van der Waals surface area contributed by atoms with Gasteiger partial charge in [0.2, 0.25) is 0 Å². The molecule has 0 aliphatic carbocycles. The summed E-state index contributed by atoms with van der Waals surface area (Å²) in [6.45, 7) is 0. The Bertz CT molecular complexity index is 2150. The van der Waals surface area contributed by atoms with E-state index in [2.05, 4.69) is 108 Å². The summed E-state index contributed by atoms with van der Waals surface area (Å²) in [6, 6.07) is 36.0. The number of ether oxygens (including phenoxy) is 2. The second-order valence-electron chi connectivity index (χ2n) is 10.4. The molecule has 0 unspecified atom stereocenters. The van der Waals surface area contributed by atoms with Gasteiger partial charge < -0.3 is 14.4 Å². The molecule has 0 amide bonds. The lowest BCUT2D eigenvalue weighted by Crippen LogP contribution is -2.42. The van der Waals surface area contributed by atoms with Gasteiger partial charge in [0, 0.05) is 21.8 Å². The first kappa shape index (κ1) is 20.6. The van der Waals surface area contributed by atoms with Crippen molar-refractivity contribution < 1.29 is 9.47 Å². The summed E-state index contributed by atoms with van der Waals surface area (Å²) < 4.78 is 13.8. The Morgan fingerprint density at radius 3 is 1.67 bits per heavy atom. The van der Waals surface area contributed by atoms with Crippen LogP contribution in [0, 0.1) is 0 Å². The van der Waals surface area contributed by atoms with E-state index in [-0.39, 0.29) is 0 Å². The minimum absolute atomic E-state index is 0.854. The van der Waals surface area contributed by atoms with Crippen LogP contribution < -0.4 is 30.3 Å². The maximum Gasteiger partial charge on any atom is 0.148 e. The summed E-state index contributed by atoms with van der Waals surface area (Å²) in [5, 5.41) is 10.4. The van der Waals surface area contributed by atoms with Crippen molar-refractivity contribution in [1.29, 1.82) is 0 Å². The van der Waals surface area contributed by atoms with Gasteiger partial charge in [-0.05, 0) is 64.7 Å². The molecule has 39 heavy (non-hydrogen) atoms. The Kier molecular flexibility index (Phi) is 3.58. The number of anilines is 3. The molecule has 3 aliphatic rings. The third-order valence-electron chi connectivity index (χ3n) is 8.52. The largest absolute Gasteiger partial charge is 0.455 e. The van der Waals surface area contributed by atoms with Crippen molar-refractivity contribution in [3.05, 3.63) is 109 Å². The highest BCUT2D eigenvalue weighted by Gasteiger charge is 2.50. The smallest absolute Gasteiger partial charge is 0.148 e. The van der Waals surface area contributed by atoms with Gasteiger partial charge in [-0.3, -0.25) is 0 Å². The highest BCUT2D eigenvalue weighted by Crippen LogP contribution is 2.66. The normalized spacial score (nSPS) is 15.3. The van der Waals surface area contributed by atoms with Gasteiger partial charge in [-0.15, -0.1) is 0 Å². The zero-order valence-electron chi connectivity index (χ0n) is 20.5. The molecule has 3 nitrogen and oxygen atoms in total. The predicted molar refractivity (Wildman–Crippen MR) is 165 cm³/mol. The first-order valence-electron chi connectivity index (χ1n) is 13.1. The zero-order chi connectivity index (χ0) is 25.5. The first-order valence-corrected chi connectivity index (χ1v) is 15.9. The maximum atomic E-state index is 6.97. The molecule has 0 spiro atoms. The van der Waals surface area contributed by atoms with Crippen molar-refractivity contribution >= 4 is 83.1 Å². The van der Waals surface area contributed by atoms with Crippen LogP contribution in [0.25, 0.3) is 32.3 Å². The van der Waals surface area contributed by atoms with Gasteiger partial charge in [0.1, 0.15) is 23.0 Å². The monoisotopic (exact) mass is 535 g/mol. The summed E-state index contributed by atoms with van der Waals surface area (Å²) in [7, 11) is 0. The second-order valence-corrected chi connectivity index (χ2v) is 14.6. The Labute approximate surface area is 229 Å². The van der Waals surface area contributed by atoms with E-state index >= 15 is 0 Å². The molecule has 0 radical (unpaired) electrons. The van der Waals surface area contributed by atoms with Gasteiger partial charge in [0.25, 0.3) is 0 Å². The molecule has 182 valence electrons. The molecule has 7 aromatic rings. The van der Waals surface area contributed by atoms with Crippen LogP contribution in [-0.2, 0) is 11.8 Å². The molecule has 0 aromatic heterocycles. The Hall–Kier alpha value is -4.37. The van der Waals surface area contributed by atoms with Gasteiger partial charge in [-0.2, -0.15) is 0 Å². The fourth-order valence-corrected chi connectivity index (χ4v) is 12.1. The molecule has 0 N–H and O–H groups in total. The first-order chi connectivity index (χ1) is 19.2. The summed E-state index contributed by atoms with van der Waals surface area (Å²) in [6.07, 6.45) is 0. The van der Waals surface area contributed by atoms with Crippen LogP contribution in [0.5, 0.6) is 23.0 Å². The van der Waals surface area contributed by atoms with Crippen LogP contribution in [-0.4, -0.2) is 0 Å². The Morgan fingerprint density at radius 1 is 0.513 bits per heavy atom. The second kappa shape index (κ2) is 6.79. The summed E-state index contributed by atoms with van der Waals surface area (Å²) in [4.78, 5) is 2.32. The number of para-hydroxylation sites is 1. The average molecular weight is 536 g/mol. The molecule has 5 heteroatoms. The standard InChI is InChI=1S/C34H18NO2PS/c39-38-32-24-11-5-13-26(32)36-30-22-17-15-19-7-4-8-20-16-18-23(29(22)28(19)20)31(34(30)38)37-27-14-6-12-25(33(27)38)35(24)21-9-2-1-3-10-21/h1-18H. The molecule has 0 bridgehead atoms. The van der Waals surface area contributed by atoms with Crippen molar-refractivity contribution in [2.24, 2.45) is 0 Å². The van der Waals surface area contributed by atoms with Crippen molar-refractivity contribution in [2.75, 3.05) is 4.90 Å². The lowest BCUT2D eigenvalue weighted by molar-refractivity contribution is 0.473. The van der Waals surface area contributed by atoms with Gasteiger partial charge in [-0.25, -0.2) is 0 Å². The lowest BCUT2D eigenvalue weighted by Gasteiger charge is -2.46. The minimum atomic E-state index is -2.52. The van der Waals surface area contributed by atoms with Crippen LogP contribution in [0.4, 0.5) is 17.1 Å². The van der Waals surface area contributed by atoms with E-state index in [0.29, 0.717) is 0 Å². The topological polar surface area (TPSA) is 21.7 Å². The third kappa shape index (κ3) is 2.27. The molecular formula is C34H18NO2PS. The SMILES string of the molecule is S=P12c3c4cccc3N(c3ccccc3)c3cccc(c31)Oc1c2c(c2ccc3cccc5ccc1c2c35)O4. The van der Waals surface area contributed by atoms with Gasteiger partial charge in [0.05, 0.1) is 33.3 Å². The number of nitrogens with zero attached hydrogens (tertiary/aromatic N) is 1. The fourth-order valence-electron chi connectivity index (χ4n) is 7.03. The zero-order valence-corrected chi connectivity index (χ0v) is 22.2. The van der Waals surface area contributed by atoms with Crippen LogP contribution in [0.2, 0.25) is 0 Å². The summed E-state index contributed by atoms with van der Waals surface area (Å²) in [5.41, 5.74) is 3.28. The van der Waals surface area contributed by atoms with Gasteiger partial charge in [-0.1, -0.05) is 72.5 Å². The van der Waals surface area contributed by atoms with Crippen molar-refractivity contribution in [2.45, 2.75) is 0 Å². The van der Waals surface area contributed by atoms with Gasteiger partial charge >= 0.3 is 0 Å². The Morgan fingerprint density at radius 2 is 1.08 bits per heavy atom. The third-order valence-corrected chi connectivity index (χ3v) is 13.4. The number of hydrogen-bond donors (Lipinski definition) is 0. The molecule has 3 heterocycles. The van der Waals surface area contributed by atoms with Crippen LogP contribution in [0.3, 0.4) is 0 Å². The number of fused-ring (bicyclic) bond motifs is 2. The summed E-state index contributed by atoms with van der Waals surface area (Å²) >= 11 is 6.97. The van der Waals surface area contributed by atoms with E-state index in [4.69, 9.17) is 21.3 Å². The van der Waals surface area contributed by atoms with Crippen molar-refractivity contribution in [3.8, 4) is 23.0 Å². The van der Waals surface area contributed by atoms with Crippen molar-refractivity contribution in [1.82, 2.24) is 0 Å². The van der Waals surface area contributed by atoms with Crippen LogP contribution in [0.15, 0.2) is 109 Å². The van der Waals surface area contributed by atoms with Crippen molar-refractivity contribution in [3.63, 3.8) is 0 Å². The number of rotatable bonds is 1. The maximum absolute atomic E-state index is 6.97. The number of hydrogen-bond acceptors (Lipinski definition) is 4. The lowest BCUT2D eigenvalue weighted by atomic mass is 9.93. The molecule has 0 saturated carbocycles. The quantitative estimate of drug-likeness (QED) is 0.156. The number of benzene rings is 7. The van der Waals surface area contributed by atoms with E-state index in [1.807, 2.05) is 6.07 Å². The highest BCUT2D eigenvalue weighted by molar-refractivity contribution is 8.26. The average Bonchev–Trinajstić information content (AvgIpc) is 2.97. The molecule has 10 rings (SSSR count). The van der Waals surface area contributed by atoms with Gasteiger partial charge in [0.15, 0.2) is 0 Å². The molecule has 0 fully saturated rings. The molecule has 0 saturated heterocycles.